The van der Waals surface area contributed by atoms with Crippen molar-refractivity contribution >= 4 is 95.0 Å². The Morgan fingerprint density at radius 2 is 1.06 bits per heavy atom. The summed E-state index contributed by atoms with van der Waals surface area (Å²) >= 11 is 2.01. The molecule has 9 aromatic rings. The highest BCUT2D eigenvalue weighted by atomic mass is 32.1. The standard InChI is InChI=1S/C73H76BN3S/c1-45-38-63-66-64(39-45)77(61-44-57-56(72(11,12)36-37-73(57,13)14)43-52(61)48-24-16-15-17-25-48)62-42-51(75(59-26-20-18-22-46(59)2)60-27-21-19-23-47(60)3)30-32-58(62)74(66)68-67(53-40-49(69(4,5)6)28-33-65(53)78-68)76(63)50-29-31-54-55(41-50)71(9,10)35-34-70(54,7)8/h15-33,38-44H,34-37H2,1-14H3. The molecule has 13 rings (SSSR count). The molecule has 0 fully saturated rings. The molecule has 0 amide bonds. The summed E-state index contributed by atoms with van der Waals surface area (Å²) in [6.45, 7) is 33.6. The topological polar surface area (TPSA) is 9.72 Å². The third kappa shape index (κ3) is 7.87. The van der Waals surface area contributed by atoms with Crippen LogP contribution in [0.2, 0.25) is 0 Å². The summed E-state index contributed by atoms with van der Waals surface area (Å²) in [5.74, 6) is 0. The first-order chi connectivity index (χ1) is 37.0. The van der Waals surface area contributed by atoms with Crippen molar-refractivity contribution < 1.29 is 0 Å². The van der Waals surface area contributed by atoms with Crippen LogP contribution in [-0.2, 0) is 27.1 Å². The van der Waals surface area contributed by atoms with E-state index in [1.807, 2.05) is 11.3 Å². The van der Waals surface area contributed by atoms with Crippen LogP contribution in [0.25, 0.3) is 21.2 Å². The van der Waals surface area contributed by atoms with E-state index in [9.17, 15) is 0 Å². The van der Waals surface area contributed by atoms with Crippen LogP contribution >= 0.6 is 11.3 Å². The van der Waals surface area contributed by atoms with Gasteiger partial charge in [-0.05, 0) is 207 Å². The Labute approximate surface area is 470 Å². The lowest BCUT2D eigenvalue weighted by Crippen LogP contribution is -2.60. The smallest absolute Gasteiger partial charge is 0.264 e. The number of rotatable bonds is 6. The summed E-state index contributed by atoms with van der Waals surface area (Å²) in [5, 5.41) is 1.34. The number of fused-ring (bicyclic) bond motifs is 8. The maximum Gasteiger partial charge on any atom is 0.264 e. The second-order valence-electron chi connectivity index (χ2n) is 27.3. The third-order valence-corrected chi connectivity index (χ3v) is 20.2. The molecular weight excluding hydrogens is 962 g/mol. The van der Waals surface area contributed by atoms with Gasteiger partial charge in [-0.3, -0.25) is 0 Å². The number of thiophene rings is 1. The molecule has 2 aliphatic heterocycles. The van der Waals surface area contributed by atoms with Gasteiger partial charge in [-0.15, -0.1) is 11.3 Å². The Morgan fingerprint density at radius 1 is 0.500 bits per heavy atom. The number of nitrogens with zero attached hydrogens (tertiary/aromatic N) is 3. The van der Waals surface area contributed by atoms with Crippen LogP contribution in [0.5, 0.6) is 0 Å². The quantitative estimate of drug-likeness (QED) is 0.154. The van der Waals surface area contributed by atoms with Crippen LogP contribution in [0.1, 0.15) is 146 Å². The van der Waals surface area contributed by atoms with Crippen LogP contribution < -0.4 is 30.4 Å². The van der Waals surface area contributed by atoms with Crippen LogP contribution in [0.3, 0.4) is 0 Å². The van der Waals surface area contributed by atoms with E-state index >= 15 is 0 Å². The highest BCUT2D eigenvalue weighted by molar-refractivity contribution is 7.33. The number of hydrogen-bond acceptors (Lipinski definition) is 4. The molecule has 0 N–H and O–H groups in total. The maximum atomic E-state index is 2.72. The fraction of sp³-hybridized carbons (Fsp3) is 0.315. The Morgan fingerprint density at radius 3 is 1.68 bits per heavy atom. The highest BCUT2D eigenvalue weighted by Crippen LogP contribution is 2.56. The lowest BCUT2D eigenvalue weighted by atomic mass is 9.36. The monoisotopic (exact) mass is 1040 g/mol. The van der Waals surface area contributed by atoms with Crippen molar-refractivity contribution in [3.05, 3.63) is 202 Å². The zero-order valence-corrected chi connectivity index (χ0v) is 49.5. The number of para-hydroxylation sites is 2. The number of aryl methyl sites for hydroxylation is 3. The molecule has 0 radical (unpaired) electrons. The molecular formula is C73H76BN3S. The predicted octanol–water partition coefficient (Wildman–Crippen LogP) is 19.0. The minimum atomic E-state index is -0.0239. The molecule has 3 heterocycles. The van der Waals surface area contributed by atoms with Crippen LogP contribution in [0.15, 0.2) is 158 Å². The lowest BCUT2D eigenvalue weighted by Gasteiger charge is -2.46. The molecule has 3 nitrogen and oxygen atoms in total. The Bertz CT molecular complexity index is 3870. The molecule has 0 unspecified atom stereocenters. The first-order valence-corrected chi connectivity index (χ1v) is 29.6. The van der Waals surface area contributed by atoms with E-state index in [0.29, 0.717) is 0 Å². The molecule has 5 heteroatoms. The van der Waals surface area contributed by atoms with Crippen molar-refractivity contribution in [3.63, 3.8) is 0 Å². The average Bonchev–Trinajstić information content (AvgIpc) is 3.00. The van der Waals surface area contributed by atoms with Gasteiger partial charge in [0.15, 0.2) is 0 Å². The second kappa shape index (κ2) is 17.6. The largest absolute Gasteiger partial charge is 0.311 e. The van der Waals surface area contributed by atoms with Gasteiger partial charge < -0.3 is 14.7 Å². The number of anilines is 9. The van der Waals surface area contributed by atoms with Crippen LogP contribution in [0.4, 0.5) is 51.2 Å². The average molecular weight is 1040 g/mol. The zero-order chi connectivity index (χ0) is 54.6. The van der Waals surface area contributed by atoms with E-state index in [4.69, 9.17) is 0 Å². The van der Waals surface area contributed by atoms with Crippen molar-refractivity contribution in [2.75, 3.05) is 14.7 Å². The molecule has 8 aromatic carbocycles. The van der Waals surface area contributed by atoms with E-state index < -0.39 is 0 Å². The molecule has 1 aromatic heterocycles. The van der Waals surface area contributed by atoms with E-state index in [0.717, 1.165) is 24.9 Å². The molecule has 0 saturated heterocycles. The highest BCUT2D eigenvalue weighted by Gasteiger charge is 2.48. The van der Waals surface area contributed by atoms with Crippen LogP contribution in [0, 0.1) is 20.8 Å². The molecule has 0 saturated carbocycles. The summed E-state index contributed by atoms with van der Waals surface area (Å²) in [6.07, 6.45) is 4.64. The van der Waals surface area contributed by atoms with Crippen molar-refractivity contribution in [2.24, 2.45) is 0 Å². The Hall–Kier alpha value is -6.82. The van der Waals surface area contributed by atoms with E-state index in [2.05, 4.69) is 269 Å². The molecule has 0 bridgehead atoms. The van der Waals surface area contributed by atoms with Gasteiger partial charge in [-0.25, -0.2) is 0 Å². The number of hydrogen-bond donors (Lipinski definition) is 0. The fourth-order valence-electron chi connectivity index (χ4n) is 14.1. The minimum Gasteiger partial charge on any atom is -0.311 e. The van der Waals surface area contributed by atoms with Gasteiger partial charge in [0.1, 0.15) is 0 Å². The van der Waals surface area contributed by atoms with Gasteiger partial charge in [0.2, 0.25) is 0 Å². The van der Waals surface area contributed by atoms with Gasteiger partial charge >= 0.3 is 0 Å². The molecule has 78 heavy (non-hydrogen) atoms. The third-order valence-electron chi connectivity index (χ3n) is 19.0. The van der Waals surface area contributed by atoms with Crippen molar-refractivity contribution in [2.45, 2.75) is 150 Å². The summed E-state index contributed by atoms with van der Waals surface area (Å²) in [5.41, 5.74) is 27.4. The molecule has 0 atom stereocenters. The van der Waals surface area contributed by atoms with Gasteiger partial charge in [-0.2, -0.15) is 0 Å². The fourth-order valence-corrected chi connectivity index (χ4v) is 15.4. The molecule has 4 aliphatic rings. The van der Waals surface area contributed by atoms with E-state index in [-0.39, 0.29) is 33.8 Å². The van der Waals surface area contributed by atoms with E-state index in [1.165, 1.54) is 133 Å². The molecule has 392 valence electrons. The zero-order valence-electron chi connectivity index (χ0n) is 48.7. The predicted molar refractivity (Wildman–Crippen MR) is 339 cm³/mol. The van der Waals surface area contributed by atoms with Gasteiger partial charge in [0.05, 0.1) is 11.4 Å². The summed E-state index contributed by atoms with van der Waals surface area (Å²) < 4.78 is 2.74. The summed E-state index contributed by atoms with van der Waals surface area (Å²) in [4.78, 5) is 7.95. The van der Waals surface area contributed by atoms with Gasteiger partial charge in [0, 0.05) is 60.2 Å². The first kappa shape index (κ1) is 50.7. The molecule has 0 spiro atoms. The van der Waals surface area contributed by atoms with Gasteiger partial charge in [-0.1, -0.05) is 161 Å². The van der Waals surface area contributed by atoms with Crippen LogP contribution in [-0.4, -0.2) is 6.71 Å². The normalized spacial score (nSPS) is 17.2. The lowest BCUT2D eigenvalue weighted by molar-refractivity contribution is 0.332. The maximum absolute atomic E-state index is 2.72. The SMILES string of the molecule is Cc1cc2c3c(c1)N(c1ccc4c(c1)C(C)(C)CCC4(C)C)c1c(sc4ccc(C(C)(C)C)cc14)B3c1ccc(N(c3ccccc3C)c3ccccc3C)cc1N2c1cc2c(cc1-c1ccccc1)C(C)(C)CCC2(C)C. The van der Waals surface area contributed by atoms with E-state index in [1.54, 1.807) is 0 Å². The number of benzene rings is 8. The Kier molecular flexibility index (Phi) is 11.4. The minimum absolute atomic E-state index is 0.0141. The summed E-state index contributed by atoms with van der Waals surface area (Å²) in [7, 11) is 0. The van der Waals surface area contributed by atoms with Crippen molar-refractivity contribution in [1.82, 2.24) is 0 Å². The molecule has 2 aliphatic carbocycles. The summed E-state index contributed by atoms with van der Waals surface area (Å²) in [6, 6.07) is 61.7. The van der Waals surface area contributed by atoms with Gasteiger partial charge in [0.25, 0.3) is 6.71 Å². The second-order valence-corrected chi connectivity index (χ2v) is 28.4. The van der Waals surface area contributed by atoms with Crippen molar-refractivity contribution in [3.8, 4) is 11.1 Å². The first-order valence-electron chi connectivity index (χ1n) is 28.8. The van der Waals surface area contributed by atoms with Crippen molar-refractivity contribution in [1.29, 1.82) is 0 Å². The Balaban J connectivity index is 1.17.